The summed E-state index contributed by atoms with van der Waals surface area (Å²) in [6, 6.07) is 8.53. The SMILES string of the molecule is COc1cc(OC)c(/C=C2\C(=O)NC(=O)N(c3ccc(Cl)cc3)C2=O)cc1Br. The van der Waals surface area contributed by atoms with Crippen molar-refractivity contribution in [3.8, 4) is 11.5 Å². The number of urea groups is 1. The molecule has 0 aromatic heterocycles. The Hall–Kier alpha value is -2.84. The van der Waals surface area contributed by atoms with Crippen LogP contribution in [-0.4, -0.2) is 32.1 Å². The summed E-state index contributed by atoms with van der Waals surface area (Å²) in [5, 5.41) is 2.62. The Labute approximate surface area is 174 Å². The van der Waals surface area contributed by atoms with Gasteiger partial charge in [0.1, 0.15) is 17.1 Å². The lowest BCUT2D eigenvalue weighted by atomic mass is 10.1. The molecular formula is C19H14BrClN2O5. The minimum absolute atomic E-state index is 0.218. The van der Waals surface area contributed by atoms with Crippen LogP contribution in [0.5, 0.6) is 11.5 Å². The highest BCUT2D eigenvalue weighted by molar-refractivity contribution is 9.10. The number of ether oxygens (including phenoxy) is 2. The molecule has 9 heteroatoms. The normalized spacial score (nSPS) is 15.6. The van der Waals surface area contributed by atoms with Crippen molar-refractivity contribution in [2.45, 2.75) is 0 Å². The first-order valence-electron chi connectivity index (χ1n) is 7.94. The van der Waals surface area contributed by atoms with Gasteiger partial charge in [0, 0.05) is 16.7 Å². The van der Waals surface area contributed by atoms with Crippen LogP contribution in [0.15, 0.2) is 46.4 Å². The average molecular weight is 466 g/mol. The quantitative estimate of drug-likeness (QED) is 0.549. The number of methoxy groups -OCH3 is 2. The van der Waals surface area contributed by atoms with Gasteiger partial charge in [-0.3, -0.25) is 14.9 Å². The predicted molar refractivity (Wildman–Crippen MR) is 108 cm³/mol. The molecule has 144 valence electrons. The number of carbonyl (C=O) groups excluding carboxylic acids is 3. The van der Waals surface area contributed by atoms with Gasteiger partial charge in [-0.2, -0.15) is 0 Å². The smallest absolute Gasteiger partial charge is 0.335 e. The van der Waals surface area contributed by atoms with Gasteiger partial charge in [0.05, 0.1) is 24.4 Å². The van der Waals surface area contributed by atoms with Crippen molar-refractivity contribution in [1.82, 2.24) is 5.32 Å². The first kappa shape index (κ1) is 19.9. The van der Waals surface area contributed by atoms with E-state index in [1.165, 1.54) is 32.4 Å². The third-order valence-electron chi connectivity index (χ3n) is 3.99. The fourth-order valence-electron chi connectivity index (χ4n) is 2.63. The number of rotatable bonds is 4. The van der Waals surface area contributed by atoms with Crippen molar-refractivity contribution in [3.05, 3.63) is 57.0 Å². The second-order valence-corrected chi connectivity index (χ2v) is 6.95. The molecule has 1 fully saturated rings. The van der Waals surface area contributed by atoms with E-state index in [-0.39, 0.29) is 11.3 Å². The van der Waals surface area contributed by atoms with E-state index in [9.17, 15) is 14.4 Å². The van der Waals surface area contributed by atoms with Gasteiger partial charge in [-0.25, -0.2) is 9.69 Å². The maximum Gasteiger partial charge on any atom is 0.335 e. The molecule has 0 bridgehead atoms. The lowest BCUT2D eigenvalue weighted by Crippen LogP contribution is -2.54. The summed E-state index contributed by atoms with van der Waals surface area (Å²) in [6.45, 7) is 0. The predicted octanol–water partition coefficient (Wildman–Crippen LogP) is 3.79. The summed E-state index contributed by atoms with van der Waals surface area (Å²) < 4.78 is 11.1. The number of nitrogens with zero attached hydrogens (tertiary/aromatic N) is 1. The lowest BCUT2D eigenvalue weighted by molar-refractivity contribution is -0.122. The van der Waals surface area contributed by atoms with Crippen LogP contribution in [0.2, 0.25) is 5.02 Å². The lowest BCUT2D eigenvalue weighted by Gasteiger charge is -2.26. The minimum atomic E-state index is -0.836. The van der Waals surface area contributed by atoms with E-state index in [0.29, 0.717) is 26.6 Å². The van der Waals surface area contributed by atoms with Crippen molar-refractivity contribution >= 4 is 57.1 Å². The Kier molecular flexibility index (Phi) is 5.71. The summed E-state index contributed by atoms with van der Waals surface area (Å²) >= 11 is 9.22. The topological polar surface area (TPSA) is 84.9 Å². The number of amides is 4. The summed E-state index contributed by atoms with van der Waals surface area (Å²) in [5.74, 6) is -0.640. The number of anilines is 1. The van der Waals surface area contributed by atoms with Crippen LogP contribution in [0, 0.1) is 0 Å². The molecule has 4 amide bonds. The van der Waals surface area contributed by atoms with Crippen LogP contribution in [0.25, 0.3) is 6.08 Å². The number of barbiturate groups is 1. The van der Waals surface area contributed by atoms with E-state index in [2.05, 4.69) is 21.2 Å². The van der Waals surface area contributed by atoms with E-state index >= 15 is 0 Å². The van der Waals surface area contributed by atoms with E-state index in [4.69, 9.17) is 21.1 Å². The summed E-state index contributed by atoms with van der Waals surface area (Å²) in [4.78, 5) is 38.3. The third-order valence-corrected chi connectivity index (χ3v) is 4.86. The maximum atomic E-state index is 12.9. The number of halogens is 2. The van der Waals surface area contributed by atoms with E-state index in [1.807, 2.05) is 0 Å². The van der Waals surface area contributed by atoms with Gasteiger partial charge in [0.25, 0.3) is 11.8 Å². The molecule has 2 aromatic carbocycles. The molecule has 1 saturated heterocycles. The van der Waals surface area contributed by atoms with Crippen molar-refractivity contribution in [2.24, 2.45) is 0 Å². The minimum Gasteiger partial charge on any atom is -0.496 e. The second kappa shape index (κ2) is 8.04. The van der Waals surface area contributed by atoms with E-state index in [1.54, 1.807) is 24.3 Å². The molecule has 2 aromatic rings. The molecule has 0 saturated carbocycles. The van der Waals surface area contributed by atoms with Crippen LogP contribution in [-0.2, 0) is 9.59 Å². The van der Waals surface area contributed by atoms with Gasteiger partial charge in [-0.1, -0.05) is 11.6 Å². The van der Waals surface area contributed by atoms with Gasteiger partial charge in [0.2, 0.25) is 0 Å². The Morgan fingerprint density at radius 1 is 1.04 bits per heavy atom. The molecule has 1 heterocycles. The van der Waals surface area contributed by atoms with Crippen LogP contribution in [0.4, 0.5) is 10.5 Å². The molecule has 3 rings (SSSR count). The first-order chi connectivity index (χ1) is 13.3. The van der Waals surface area contributed by atoms with E-state index < -0.39 is 17.8 Å². The Bertz CT molecular complexity index is 1000. The third kappa shape index (κ3) is 3.74. The zero-order chi connectivity index (χ0) is 20.4. The fourth-order valence-corrected chi connectivity index (χ4v) is 3.28. The molecule has 1 aliphatic rings. The first-order valence-corrected chi connectivity index (χ1v) is 9.11. The highest BCUT2D eigenvalue weighted by atomic mass is 79.9. The fraction of sp³-hybridized carbons (Fsp3) is 0.105. The Morgan fingerprint density at radius 3 is 2.29 bits per heavy atom. The molecule has 28 heavy (non-hydrogen) atoms. The molecule has 1 N–H and O–H groups in total. The molecule has 0 radical (unpaired) electrons. The molecule has 0 unspecified atom stereocenters. The summed E-state index contributed by atoms with van der Waals surface area (Å²) in [7, 11) is 2.96. The van der Waals surface area contributed by atoms with Crippen molar-refractivity contribution in [3.63, 3.8) is 0 Å². The molecule has 0 aliphatic carbocycles. The molecule has 0 atom stereocenters. The maximum absolute atomic E-state index is 12.9. The van der Waals surface area contributed by atoms with Gasteiger partial charge in [-0.15, -0.1) is 0 Å². The number of hydrogen-bond donors (Lipinski definition) is 1. The van der Waals surface area contributed by atoms with Gasteiger partial charge in [-0.05, 0) is 52.3 Å². The monoisotopic (exact) mass is 464 g/mol. The van der Waals surface area contributed by atoms with Crippen LogP contribution in [0.1, 0.15) is 5.56 Å². The number of benzene rings is 2. The standard InChI is InChI=1S/C19H14BrClN2O5/c1-27-15-9-16(28-2)14(20)8-10(15)7-13-17(24)22-19(26)23(18(13)25)12-5-3-11(21)4-6-12/h3-9H,1-2H3,(H,22,24,26)/b13-7+. The molecular weight excluding hydrogens is 452 g/mol. The van der Waals surface area contributed by atoms with Crippen LogP contribution >= 0.6 is 27.5 Å². The number of hydrogen-bond acceptors (Lipinski definition) is 5. The van der Waals surface area contributed by atoms with Crippen LogP contribution < -0.4 is 19.7 Å². The van der Waals surface area contributed by atoms with Crippen molar-refractivity contribution in [1.29, 1.82) is 0 Å². The average Bonchev–Trinajstić information content (AvgIpc) is 2.66. The van der Waals surface area contributed by atoms with Crippen LogP contribution in [0.3, 0.4) is 0 Å². The Morgan fingerprint density at radius 2 is 1.68 bits per heavy atom. The van der Waals surface area contributed by atoms with Gasteiger partial charge < -0.3 is 9.47 Å². The Balaban J connectivity index is 2.07. The molecule has 0 spiro atoms. The second-order valence-electron chi connectivity index (χ2n) is 5.66. The van der Waals surface area contributed by atoms with Gasteiger partial charge in [0.15, 0.2) is 0 Å². The summed E-state index contributed by atoms with van der Waals surface area (Å²) in [6.07, 6.45) is 1.36. The summed E-state index contributed by atoms with van der Waals surface area (Å²) in [5.41, 5.74) is 0.525. The largest absolute Gasteiger partial charge is 0.496 e. The number of imide groups is 2. The van der Waals surface area contributed by atoms with E-state index in [0.717, 1.165) is 4.90 Å². The molecule has 1 aliphatic heterocycles. The number of nitrogens with one attached hydrogen (secondary N) is 1. The highest BCUT2D eigenvalue weighted by Gasteiger charge is 2.37. The number of carbonyl (C=O) groups is 3. The van der Waals surface area contributed by atoms with Crippen molar-refractivity contribution < 1.29 is 23.9 Å². The van der Waals surface area contributed by atoms with Crippen molar-refractivity contribution in [2.75, 3.05) is 19.1 Å². The zero-order valence-electron chi connectivity index (χ0n) is 14.8. The zero-order valence-corrected chi connectivity index (χ0v) is 17.1. The highest BCUT2D eigenvalue weighted by Crippen LogP contribution is 2.34. The molecule has 7 nitrogen and oxygen atoms in total. The van der Waals surface area contributed by atoms with Gasteiger partial charge >= 0.3 is 6.03 Å².